The van der Waals surface area contributed by atoms with Crippen LogP contribution in [-0.2, 0) is 10.4 Å². The van der Waals surface area contributed by atoms with Gasteiger partial charge in [-0.3, -0.25) is 4.79 Å². The number of ether oxygens (including phenoxy) is 1. The zero-order valence-electron chi connectivity index (χ0n) is 15.2. The molecule has 0 radical (unpaired) electrons. The van der Waals surface area contributed by atoms with Crippen LogP contribution in [0.15, 0.2) is 84.0 Å². The van der Waals surface area contributed by atoms with Crippen molar-refractivity contribution in [1.82, 2.24) is 5.43 Å². The van der Waals surface area contributed by atoms with Crippen LogP contribution in [0.5, 0.6) is 5.75 Å². The van der Waals surface area contributed by atoms with E-state index in [-0.39, 0.29) is 0 Å². The van der Waals surface area contributed by atoms with Gasteiger partial charge in [-0.15, -0.1) is 0 Å². The first-order chi connectivity index (χ1) is 13.6. The SMILES string of the molecule is COc1ccc(/C=N\NC(=O)C(O)(c2ccccc2)c2ccccc2)cc1I. The van der Waals surface area contributed by atoms with Crippen molar-refractivity contribution in [3.8, 4) is 5.75 Å². The average molecular weight is 486 g/mol. The highest BCUT2D eigenvalue weighted by molar-refractivity contribution is 14.1. The molecule has 0 unspecified atom stereocenters. The predicted molar refractivity (Wildman–Crippen MR) is 117 cm³/mol. The maximum Gasteiger partial charge on any atom is 0.281 e. The van der Waals surface area contributed by atoms with Gasteiger partial charge < -0.3 is 9.84 Å². The molecule has 0 saturated carbocycles. The fraction of sp³-hybridized carbons (Fsp3) is 0.0909. The first kappa shape index (κ1) is 20.0. The summed E-state index contributed by atoms with van der Waals surface area (Å²) in [4.78, 5) is 12.9. The summed E-state index contributed by atoms with van der Waals surface area (Å²) in [6.45, 7) is 0. The molecule has 142 valence electrons. The minimum Gasteiger partial charge on any atom is -0.496 e. The van der Waals surface area contributed by atoms with E-state index in [0.29, 0.717) is 11.1 Å². The molecule has 3 aromatic rings. The summed E-state index contributed by atoms with van der Waals surface area (Å²) < 4.78 is 6.16. The van der Waals surface area contributed by atoms with Crippen LogP contribution in [0.3, 0.4) is 0 Å². The molecule has 6 heteroatoms. The molecule has 0 fully saturated rings. The van der Waals surface area contributed by atoms with E-state index in [1.54, 1.807) is 55.6 Å². The molecule has 0 saturated heterocycles. The monoisotopic (exact) mass is 486 g/mol. The number of nitrogens with zero attached hydrogens (tertiary/aromatic N) is 1. The Labute approximate surface area is 177 Å². The first-order valence-electron chi connectivity index (χ1n) is 8.56. The molecule has 1 amide bonds. The highest BCUT2D eigenvalue weighted by atomic mass is 127. The Bertz CT molecular complexity index is 936. The van der Waals surface area contributed by atoms with E-state index in [4.69, 9.17) is 4.74 Å². The third kappa shape index (κ3) is 4.23. The van der Waals surface area contributed by atoms with E-state index in [0.717, 1.165) is 14.9 Å². The molecule has 0 aliphatic heterocycles. The molecule has 0 heterocycles. The molecule has 0 aliphatic carbocycles. The van der Waals surface area contributed by atoms with Crippen molar-refractivity contribution in [3.63, 3.8) is 0 Å². The van der Waals surface area contributed by atoms with Gasteiger partial charge in [0.15, 0.2) is 5.60 Å². The summed E-state index contributed by atoms with van der Waals surface area (Å²) in [6, 6.07) is 23.2. The summed E-state index contributed by atoms with van der Waals surface area (Å²) in [7, 11) is 1.61. The van der Waals surface area contributed by atoms with E-state index < -0.39 is 11.5 Å². The van der Waals surface area contributed by atoms with Crippen LogP contribution in [0.1, 0.15) is 16.7 Å². The van der Waals surface area contributed by atoms with Gasteiger partial charge in [-0.25, -0.2) is 5.43 Å². The van der Waals surface area contributed by atoms with Crippen molar-refractivity contribution in [2.45, 2.75) is 5.60 Å². The molecule has 0 bridgehead atoms. The van der Waals surface area contributed by atoms with Gasteiger partial charge in [-0.2, -0.15) is 5.10 Å². The molecule has 0 aliphatic rings. The number of hydrazone groups is 1. The maximum absolute atomic E-state index is 12.9. The Hall–Kier alpha value is -2.71. The summed E-state index contributed by atoms with van der Waals surface area (Å²) in [5, 5.41) is 15.4. The van der Waals surface area contributed by atoms with Crippen LogP contribution >= 0.6 is 22.6 Å². The van der Waals surface area contributed by atoms with E-state index in [9.17, 15) is 9.90 Å². The maximum atomic E-state index is 12.9. The molecular formula is C22H19IN2O3. The fourth-order valence-corrected chi connectivity index (χ4v) is 3.56. The standard InChI is InChI=1S/C22H19IN2O3/c1-28-20-13-12-16(14-19(20)23)15-24-25-21(26)22(27,17-8-4-2-5-9-17)18-10-6-3-7-11-18/h2-15,27H,1H3,(H,25,26)/b24-15-. The molecule has 0 aromatic heterocycles. The molecule has 3 rings (SSSR count). The van der Waals surface area contributed by atoms with Gasteiger partial charge >= 0.3 is 0 Å². The van der Waals surface area contributed by atoms with Gasteiger partial charge in [-0.1, -0.05) is 60.7 Å². The van der Waals surface area contributed by atoms with E-state index >= 15 is 0 Å². The van der Waals surface area contributed by atoms with Crippen molar-refractivity contribution in [2.24, 2.45) is 5.10 Å². The highest BCUT2D eigenvalue weighted by Crippen LogP contribution is 2.29. The zero-order valence-corrected chi connectivity index (χ0v) is 17.3. The lowest BCUT2D eigenvalue weighted by Gasteiger charge is -2.27. The number of carbonyl (C=O) groups excluding carboxylic acids is 1. The number of benzene rings is 3. The largest absolute Gasteiger partial charge is 0.496 e. The van der Waals surface area contributed by atoms with E-state index in [2.05, 4.69) is 33.1 Å². The van der Waals surface area contributed by atoms with Gasteiger partial charge in [0.05, 0.1) is 16.9 Å². The molecule has 2 N–H and O–H groups in total. The number of carbonyl (C=O) groups is 1. The van der Waals surface area contributed by atoms with E-state index in [1.165, 1.54) is 6.21 Å². The quantitative estimate of drug-likeness (QED) is 0.317. The number of halogens is 1. The van der Waals surface area contributed by atoms with Crippen molar-refractivity contribution >= 4 is 34.7 Å². The second-order valence-corrected chi connectivity index (χ2v) is 7.20. The molecule has 5 nitrogen and oxygen atoms in total. The third-order valence-corrected chi connectivity index (χ3v) is 5.11. The van der Waals surface area contributed by atoms with Crippen LogP contribution < -0.4 is 10.2 Å². The zero-order chi connectivity index (χ0) is 20.0. The normalized spacial score (nSPS) is 11.4. The second kappa shape index (κ2) is 8.99. The van der Waals surface area contributed by atoms with Gasteiger partial charge in [0.2, 0.25) is 0 Å². The van der Waals surface area contributed by atoms with Crippen LogP contribution in [-0.4, -0.2) is 24.3 Å². The minimum atomic E-state index is -1.85. The summed E-state index contributed by atoms with van der Waals surface area (Å²) in [5.41, 5.74) is 2.34. The number of amides is 1. The first-order valence-corrected chi connectivity index (χ1v) is 9.64. The van der Waals surface area contributed by atoms with Gasteiger partial charge in [-0.05, 0) is 57.5 Å². The topological polar surface area (TPSA) is 70.9 Å². The number of rotatable bonds is 6. The lowest BCUT2D eigenvalue weighted by atomic mass is 9.85. The van der Waals surface area contributed by atoms with Crippen molar-refractivity contribution in [1.29, 1.82) is 0 Å². The van der Waals surface area contributed by atoms with Crippen molar-refractivity contribution in [3.05, 3.63) is 99.1 Å². The molecule has 3 aromatic carbocycles. The smallest absolute Gasteiger partial charge is 0.281 e. The summed E-state index contributed by atoms with van der Waals surface area (Å²) in [5.74, 6) is 0.133. The van der Waals surface area contributed by atoms with Crippen LogP contribution in [0.2, 0.25) is 0 Å². The van der Waals surface area contributed by atoms with Crippen molar-refractivity contribution in [2.75, 3.05) is 7.11 Å². The third-order valence-electron chi connectivity index (χ3n) is 4.27. The summed E-state index contributed by atoms with van der Waals surface area (Å²) in [6.07, 6.45) is 1.52. The van der Waals surface area contributed by atoms with Gasteiger partial charge in [0.1, 0.15) is 5.75 Å². The molecular weight excluding hydrogens is 467 g/mol. The molecule has 0 spiro atoms. The average Bonchev–Trinajstić information content (AvgIpc) is 2.74. The number of hydrogen-bond acceptors (Lipinski definition) is 4. The Morgan fingerprint density at radius 2 is 1.61 bits per heavy atom. The number of methoxy groups -OCH3 is 1. The predicted octanol–water partition coefficient (Wildman–Crippen LogP) is 3.69. The molecule has 28 heavy (non-hydrogen) atoms. The van der Waals surface area contributed by atoms with Crippen LogP contribution in [0, 0.1) is 3.57 Å². The van der Waals surface area contributed by atoms with Crippen molar-refractivity contribution < 1.29 is 14.6 Å². The molecule has 0 atom stereocenters. The number of aliphatic hydroxyl groups is 1. The second-order valence-electron chi connectivity index (χ2n) is 6.04. The Morgan fingerprint density at radius 3 is 2.11 bits per heavy atom. The fourth-order valence-electron chi connectivity index (χ4n) is 2.80. The number of nitrogens with one attached hydrogen (secondary N) is 1. The Kier molecular flexibility index (Phi) is 6.43. The van der Waals surface area contributed by atoms with Crippen LogP contribution in [0.25, 0.3) is 0 Å². The van der Waals surface area contributed by atoms with Gasteiger partial charge in [0, 0.05) is 0 Å². The Balaban J connectivity index is 1.86. The van der Waals surface area contributed by atoms with Crippen LogP contribution in [0.4, 0.5) is 0 Å². The van der Waals surface area contributed by atoms with Gasteiger partial charge in [0.25, 0.3) is 5.91 Å². The Morgan fingerprint density at radius 1 is 1.04 bits per heavy atom. The number of hydrogen-bond donors (Lipinski definition) is 2. The summed E-state index contributed by atoms with van der Waals surface area (Å²) >= 11 is 2.17. The highest BCUT2D eigenvalue weighted by Gasteiger charge is 2.39. The lowest BCUT2D eigenvalue weighted by Crippen LogP contribution is -2.43. The minimum absolute atomic E-state index is 0.466. The van der Waals surface area contributed by atoms with E-state index in [1.807, 2.05) is 30.3 Å². The lowest BCUT2D eigenvalue weighted by molar-refractivity contribution is -0.136.